The molecule has 2 saturated heterocycles. The molecule has 0 spiro atoms. The number of amides is 1. The van der Waals surface area contributed by atoms with Gasteiger partial charge in [-0.1, -0.05) is 121 Å². The second kappa shape index (κ2) is 20.8. The summed E-state index contributed by atoms with van der Waals surface area (Å²) in [5, 5.41) is 10.5. The van der Waals surface area contributed by atoms with Crippen molar-refractivity contribution in [2.45, 2.75) is 55.2 Å². The molecule has 6 aromatic rings. The molecule has 1 N–H and O–H groups in total. The maximum absolute atomic E-state index is 14.1. The van der Waals surface area contributed by atoms with E-state index in [-0.39, 0.29) is 47.7 Å². The van der Waals surface area contributed by atoms with Gasteiger partial charge in [0.1, 0.15) is 25.4 Å². The van der Waals surface area contributed by atoms with Crippen molar-refractivity contribution in [1.82, 2.24) is 4.90 Å². The van der Waals surface area contributed by atoms with Crippen LogP contribution in [0.15, 0.2) is 170 Å². The Balaban J connectivity index is 1.04. The van der Waals surface area contributed by atoms with Crippen LogP contribution in [0.5, 0.6) is 0 Å². The SMILES string of the molecule is O=C(OC[C@H]1O[C@H](O[C@@H]2C[C@@H](C(=O)O)N(C(=O)OCC3c4ccccc4-c4ccccc43)C2)[C@@H](OC(=O)c2ccccc2)[C@@H](OC(=O)c2ccccc2)[C@@H]1OC(=O)c1ccccc1)c1ccccc1. The standard InChI is InChI=1S/C54H45NO14/c56-48(57)43-29-37(30-55(43)54(62)64-31-42-40-27-15-13-25-38(40)39-26-14-16-28-41(39)42)65-53-47(69-52(61)36-23-11-4-12-24-36)46(68-51(60)35-21-9-3-10-22-35)45(67-50(59)34-19-7-2-8-20-34)44(66-53)32-63-49(58)33-17-5-1-6-18-33/h1-28,37,42-47,53H,29-32H2,(H,56,57)/t37-,43+,44-,45-,46+,47+,53+/m1/s1. The second-order valence-electron chi connectivity index (χ2n) is 16.5. The summed E-state index contributed by atoms with van der Waals surface area (Å²) in [6.07, 6.45) is -10.6. The van der Waals surface area contributed by atoms with Crippen molar-refractivity contribution in [2.24, 2.45) is 0 Å². The number of fused-ring (bicyclic) bond motifs is 3. The lowest BCUT2D eigenvalue weighted by atomic mass is 9.97. The Morgan fingerprint density at radius 3 is 1.43 bits per heavy atom. The molecular weight excluding hydrogens is 887 g/mol. The summed E-state index contributed by atoms with van der Waals surface area (Å²) in [5.74, 6) is -5.09. The van der Waals surface area contributed by atoms with Gasteiger partial charge in [-0.15, -0.1) is 0 Å². The number of likely N-dealkylation sites (tertiary alicyclic amines) is 1. The lowest BCUT2D eigenvalue weighted by molar-refractivity contribution is -0.307. The highest BCUT2D eigenvalue weighted by atomic mass is 16.7. The number of carboxylic acid groups (broad SMARTS) is 1. The number of rotatable bonds is 14. The van der Waals surface area contributed by atoms with Gasteiger partial charge in [-0.05, 0) is 70.8 Å². The number of aliphatic carboxylic acids is 1. The number of carbonyl (C=O) groups excluding carboxylic acids is 5. The number of hydrogen-bond donors (Lipinski definition) is 1. The molecule has 0 bridgehead atoms. The second-order valence-corrected chi connectivity index (χ2v) is 16.5. The van der Waals surface area contributed by atoms with Crippen LogP contribution in [-0.4, -0.2) is 109 Å². The van der Waals surface area contributed by atoms with Crippen molar-refractivity contribution in [1.29, 1.82) is 0 Å². The topological polar surface area (TPSA) is 190 Å². The van der Waals surface area contributed by atoms with Crippen molar-refractivity contribution in [3.63, 3.8) is 0 Å². The molecule has 7 atom stereocenters. The fourth-order valence-corrected chi connectivity index (χ4v) is 8.84. The van der Waals surface area contributed by atoms with Gasteiger partial charge in [-0.25, -0.2) is 28.8 Å². The number of nitrogens with zero attached hydrogens (tertiary/aromatic N) is 1. The van der Waals surface area contributed by atoms with E-state index in [1.807, 2.05) is 48.5 Å². The molecule has 1 aliphatic carbocycles. The molecule has 6 aromatic carbocycles. The van der Waals surface area contributed by atoms with Crippen LogP contribution in [0.25, 0.3) is 11.1 Å². The smallest absolute Gasteiger partial charge is 0.410 e. The Labute approximate surface area is 396 Å². The van der Waals surface area contributed by atoms with Crippen molar-refractivity contribution < 1.29 is 67.0 Å². The van der Waals surface area contributed by atoms with Crippen LogP contribution in [0.4, 0.5) is 4.79 Å². The number of benzene rings is 6. The molecule has 69 heavy (non-hydrogen) atoms. The average molecular weight is 932 g/mol. The molecule has 3 aliphatic rings. The number of ether oxygens (including phenoxy) is 7. The molecule has 0 aromatic heterocycles. The summed E-state index contributed by atoms with van der Waals surface area (Å²) >= 11 is 0. The summed E-state index contributed by atoms with van der Waals surface area (Å²) < 4.78 is 43.0. The van der Waals surface area contributed by atoms with E-state index in [1.54, 1.807) is 72.8 Å². The third-order valence-electron chi connectivity index (χ3n) is 12.2. The molecule has 0 saturated carbocycles. The summed E-state index contributed by atoms with van der Waals surface area (Å²) in [5.41, 5.74) is 4.45. The van der Waals surface area contributed by atoms with Gasteiger partial charge in [0.25, 0.3) is 0 Å². The van der Waals surface area contributed by atoms with Gasteiger partial charge in [0, 0.05) is 12.3 Å². The summed E-state index contributed by atoms with van der Waals surface area (Å²) in [7, 11) is 0. The quantitative estimate of drug-likeness (QED) is 0.0824. The molecular formula is C54H45NO14. The Morgan fingerprint density at radius 1 is 0.507 bits per heavy atom. The average Bonchev–Trinajstić information content (AvgIpc) is 3.97. The number of hydrogen-bond acceptors (Lipinski definition) is 13. The Bertz CT molecular complexity index is 2760. The molecule has 2 fully saturated rings. The Hall–Kier alpha value is -8.14. The highest BCUT2D eigenvalue weighted by molar-refractivity contribution is 5.92. The lowest BCUT2D eigenvalue weighted by Crippen LogP contribution is -2.63. The molecule has 350 valence electrons. The van der Waals surface area contributed by atoms with Gasteiger partial charge in [0.05, 0.1) is 34.9 Å². The summed E-state index contributed by atoms with van der Waals surface area (Å²) in [6.45, 7) is -1.000. The first-order valence-electron chi connectivity index (χ1n) is 22.3. The Kier molecular flexibility index (Phi) is 13.9. The van der Waals surface area contributed by atoms with Crippen molar-refractivity contribution >= 4 is 35.9 Å². The largest absolute Gasteiger partial charge is 0.480 e. The third kappa shape index (κ3) is 10.2. The van der Waals surface area contributed by atoms with E-state index in [0.717, 1.165) is 27.2 Å². The van der Waals surface area contributed by atoms with Gasteiger partial charge < -0.3 is 38.3 Å². The van der Waals surface area contributed by atoms with Gasteiger partial charge in [0.15, 0.2) is 24.6 Å². The first-order valence-corrected chi connectivity index (χ1v) is 22.3. The van der Waals surface area contributed by atoms with Crippen molar-refractivity contribution in [3.8, 4) is 11.1 Å². The molecule has 1 amide bonds. The molecule has 2 heterocycles. The van der Waals surface area contributed by atoms with Crippen LogP contribution >= 0.6 is 0 Å². The molecule has 0 unspecified atom stereocenters. The van der Waals surface area contributed by atoms with Crippen LogP contribution in [0.2, 0.25) is 0 Å². The van der Waals surface area contributed by atoms with E-state index in [2.05, 4.69) is 0 Å². The van der Waals surface area contributed by atoms with E-state index in [4.69, 9.17) is 33.2 Å². The highest BCUT2D eigenvalue weighted by Crippen LogP contribution is 2.45. The molecule has 15 nitrogen and oxygen atoms in total. The van der Waals surface area contributed by atoms with Gasteiger partial charge in [0.2, 0.25) is 0 Å². The first kappa shape index (κ1) is 46.0. The van der Waals surface area contributed by atoms with Crippen LogP contribution in [-0.2, 0) is 38.0 Å². The monoisotopic (exact) mass is 931 g/mol. The zero-order valence-electron chi connectivity index (χ0n) is 36.8. The maximum atomic E-state index is 14.1. The highest BCUT2D eigenvalue weighted by Gasteiger charge is 2.55. The van der Waals surface area contributed by atoms with Gasteiger partial charge >= 0.3 is 35.9 Å². The fourth-order valence-electron chi connectivity index (χ4n) is 8.84. The van der Waals surface area contributed by atoms with Gasteiger partial charge in [-0.2, -0.15) is 0 Å². The van der Waals surface area contributed by atoms with E-state index < -0.39 is 85.4 Å². The molecule has 0 radical (unpaired) electrons. The van der Waals surface area contributed by atoms with Crippen molar-refractivity contribution in [2.75, 3.05) is 19.8 Å². The predicted molar refractivity (Wildman–Crippen MR) is 245 cm³/mol. The minimum atomic E-state index is -1.73. The minimum Gasteiger partial charge on any atom is -0.480 e. The fraction of sp³-hybridized carbons (Fsp3) is 0.222. The zero-order valence-corrected chi connectivity index (χ0v) is 36.8. The van der Waals surface area contributed by atoms with Crippen LogP contribution < -0.4 is 0 Å². The Morgan fingerprint density at radius 2 is 0.942 bits per heavy atom. The number of esters is 4. The number of carbonyl (C=O) groups is 6. The predicted octanol–water partition coefficient (Wildman–Crippen LogP) is 7.74. The molecule has 15 heteroatoms. The third-order valence-corrected chi connectivity index (χ3v) is 12.2. The van der Waals surface area contributed by atoms with Crippen LogP contribution in [0.1, 0.15) is 64.9 Å². The van der Waals surface area contributed by atoms with E-state index >= 15 is 0 Å². The van der Waals surface area contributed by atoms with E-state index in [9.17, 15) is 33.9 Å². The van der Waals surface area contributed by atoms with Crippen LogP contribution in [0, 0.1) is 0 Å². The summed E-state index contributed by atoms with van der Waals surface area (Å²) in [6, 6.07) is 46.0. The maximum Gasteiger partial charge on any atom is 0.410 e. The normalized spacial score (nSPS) is 21.5. The van der Waals surface area contributed by atoms with Crippen molar-refractivity contribution in [3.05, 3.63) is 203 Å². The van der Waals surface area contributed by atoms with Gasteiger partial charge in [-0.3, -0.25) is 4.90 Å². The minimum absolute atomic E-state index is 0.0780. The first-order chi connectivity index (χ1) is 33.6. The van der Waals surface area contributed by atoms with E-state index in [0.29, 0.717) is 0 Å². The lowest BCUT2D eigenvalue weighted by Gasteiger charge is -2.44. The van der Waals surface area contributed by atoms with E-state index in [1.165, 1.54) is 48.5 Å². The molecule has 9 rings (SSSR count). The van der Waals surface area contributed by atoms with Crippen LogP contribution in [0.3, 0.4) is 0 Å². The zero-order chi connectivity index (χ0) is 47.9. The molecule has 2 aliphatic heterocycles. The number of carboxylic acids is 1. The summed E-state index contributed by atoms with van der Waals surface area (Å²) in [4.78, 5) is 83.2.